The number of methoxy groups -OCH3 is 2. The Hall–Kier alpha value is -2.78. The van der Waals surface area contributed by atoms with Crippen molar-refractivity contribution in [1.29, 1.82) is 0 Å². The molecule has 1 heterocycles. The molecule has 0 fully saturated rings. The molecule has 134 valence electrons. The van der Waals surface area contributed by atoms with Crippen molar-refractivity contribution >= 4 is 23.0 Å². The van der Waals surface area contributed by atoms with E-state index < -0.39 is 4.92 Å². The summed E-state index contributed by atoms with van der Waals surface area (Å²) in [5, 5.41) is 14.7. The van der Waals surface area contributed by atoms with E-state index in [0.717, 1.165) is 0 Å². The lowest BCUT2D eigenvalue weighted by atomic mass is 10.3. The van der Waals surface area contributed by atoms with Gasteiger partial charge in [-0.1, -0.05) is 18.2 Å². The van der Waals surface area contributed by atoms with Gasteiger partial charge in [0, 0.05) is 33.0 Å². The van der Waals surface area contributed by atoms with Gasteiger partial charge in [-0.25, -0.2) is 9.97 Å². The van der Waals surface area contributed by atoms with Crippen LogP contribution in [0.15, 0.2) is 36.7 Å². The fraction of sp³-hybridized carbons (Fsp3) is 0.375. The number of nitrogens with one attached hydrogen (secondary N) is 1. The molecular formula is C16H21N5O4. The Bertz CT molecular complexity index is 675. The van der Waals surface area contributed by atoms with Crippen LogP contribution in [-0.4, -0.2) is 55.4 Å². The predicted octanol–water partition coefficient (Wildman–Crippen LogP) is 2.23. The first-order valence-corrected chi connectivity index (χ1v) is 7.71. The molecular weight excluding hydrogens is 326 g/mol. The Morgan fingerprint density at radius 2 is 1.76 bits per heavy atom. The molecule has 9 nitrogen and oxygen atoms in total. The second-order valence-corrected chi connectivity index (χ2v) is 5.12. The van der Waals surface area contributed by atoms with Gasteiger partial charge in [0.2, 0.25) is 11.6 Å². The number of hydrogen-bond donors (Lipinski definition) is 1. The fourth-order valence-electron chi connectivity index (χ4n) is 2.25. The highest BCUT2D eigenvalue weighted by Crippen LogP contribution is 2.33. The van der Waals surface area contributed by atoms with Crippen LogP contribution in [0.5, 0.6) is 0 Å². The molecule has 0 aliphatic carbocycles. The normalized spacial score (nSPS) is 10.5. The van der Waals surface area contributed by atoms with E-state index in [1.807, 2.05) is 18.2 Å². The van der Waals surface area contributed by atoms with E-state index in [4.69, 9.17) is 9.47 Å². The molecule has 2 aromatic rings. The highest BCUT2D eigenvalue weighted by Gasteiger charge is 2.27. The number of anilines is 3. The van der Waals surface area contributed by atoms with E-state index in [1.54, 1.807) is 31.3 Å². The number of nitrogens with zero attached hydrogens (tertiary/aromatic N) is 4. The van der Waals surface area contributed by atoms with Crippen molar-refractivity contribution in [2.75, 3.05) is 50.7 Å². The van der Waals surface area contributed by atoms with Gasteiger partial charge in [-0.3, -0.25) is 10.1 Å². The molecule has 0 atom stereocenters. The minimum Gasteiger partial charge on any atom is -0.383 e. The standard InChI is InChI=1S/C16H21N5O4/c1-24-10-8-20(9-11-25-2)16-14(21(22)23)15(17-12-18-16)19-13-6-4-3-5-7-13/h3-7,12H,8-11H2,1-2H3,(H,17,18,19). The molecule has 1 aromatic carbocycles. The summed E-state index contributed by atoms with van der Waals surface area (Å²) in [6.07, 6.45) is 1.31. The first-order chi connectivity index (χ1) is 12.2. The second kappa shape index (κ2) is 9.50. The van der Waals surface area contributed by atoms with Gasteiger partial charge in [-0.2, -0.15) is 0 Å². The highest BCUT2D eigenvalue weighted by atomic mass is 16.6. The van der Waals surface area contributed by atoms with E-state index in [1.165, 1.54) is 6.33 Å². The molecule has 0 aliphatic rings. The van der Waals surface area contributed by atoms with Crippen LogP contribution in [0, 0.1) is 10.1 Å². The molecule has 2 rings (SSSR count). The third kappa shape index (κ3) is 5.10. The minimum atomic E-state index is -0.479. The molecule has 0 spiro atoms. The van der Waals surface area contributed by atoms with Gasteiger partial charge in [0.1, 0.15) is 6.33 Å². The highest BCUT2D eigenvalue weighted by molar-refractivity contribution is 5.74. The molecule has 0 amide bonds. The van der Waals surface area contributed by atoms with Crippen LogP contribution in [0.2, 0.25) is 0 Å². The lowest BCUT2D eigenvalue weighted by molar-refractivity contribution is -0.383. The van der Waals surface area contributed by atoms with Crippen LogP contribution in [0.4, 0.5) is 23.0 Å². The third-order valence-electron chi connectivity index (χ3n) is 3.45. The molecule has 9 heteroatoms. The van der Waals surface area contributed by atoms with E-state index in [0.29, 0.717) is 32.0 Å². The summed E-state index contributed by atoms with van der Waals surface area (Å²) in [6.45, 7) is 1.71. The van der Waals surface area contributed by atoms with Crippen LogP contribution in [0.3, 0.4) is 0 Å². The smallest absolute Gasteiger partial charge is 0.353 e. The van der Waals surface area contributed by atoms with Crippen LogP contribution in [-0.2, 0) is 9.47 Å². The maximum atomic E-state index is 11.7. The monoisotopic (exact) mass is 347 g/mol. The molecule has 0 aliphatic heterocycles. The Morgan fingerprint density at radius 1 is 1.12 bits per heavy atom. The number of para-hydroxylation sites is 1. The number of hydrogen-bond acceptors (Lipinski definition) is 8. The van der Waals surface area contributed by atoms with E-state index in [2.05, 4.69) is 15.3 Å². The lowest BCUT2D eigenvalue weighted by Gasteiger charge is -2.23. The quantitative estimate of drug-likeness (QED) is 0.515. The maximum Gasteiger partial charge on any atom is 0.353 e. The van der Waals surface area contributed by atoms with Gasteiger partial charge in [0.05, 0.1) is 18.1 Å². The summed E-state index contributed by atoms with van der Waals surface area (Å²) in [4.78, 5) is 21.1. The maximum absolute atomic E-state index is 11.7. The number of aromatic nitrogens is 2. The van der Waals surface area contributed by atoms with E-state index in [9.17, 15) is 10.1 Å². The van der Waals surface area contributed by atoms with Crippen molar-refractivity contribution in [3.63, 3.8) is 0 Å². The van der Waals surface area contributed by atoms with Crippen molar-refractivity contribution in [1.82, 2.24) is 9.97 Å². The Kier molecular flexibility index (Phi) is 7.05. The third-order valence-corrected chi connectivity index (χ3v) is 3.45. The van der Waals surface area contributed by atoms with E-state index in [-0.39, 0.29) is 17.3 Å². The second-order valence-electron chi connectivity index (χ2n) is 5.12. The van der Waals surface area contributed by atoms with Gasteiger partial charge in [0.25, 0.3) is 0 Å². The lowest BCUT2D eigenvalue weighted by Crippen LogP contribution is -2.32. The largest absolute Gasteiger partial charge is 0.383 e. The molecule has 0 unspecified atom stereocenters. The summed E-state index contributed by atoms with van der Waals surface area (Å²) >= 11 is 0. The first-order valence-electron chi connectivity index (χ1n) is 7.71. The Balaban J connectivity index is 2.38. The van der Waals surface area contributed by atoms with Crippen LogP contribution in [0.25, 0.3) is 0 Å². The summed E-state index contributed by atoms with van der Waals surface area (Å²) < 4.78 is 10.2. The zero-order chi connectivity index (χ0) is 18.1. The Morgan fingerprint density at radius 3 is 2.32 bits per heavy atom. The number of benzene rings is 1. The summed E-state index contributed by atoms with van der Waals surface area (Å²) in [5.74, 6) is 0.369. The van der Waals surface area contributed by atoms with Crippen molar-refractivity contribution in [3.8, 4) is 0 Å². The fourth-order valence-corrected chi connectivity index (χ4v) is 2.25. The molecule has 0 radical (unpaired) electrons. The van der Waals surface area contributed by atoms with Gasteiger partial charge >= 0.3 is 5.69 Å². The minimum absolute atomic E-state index is 0.140. The predicted molar refractivity (Wildman–Crippen MR) is 94.4 cm³/mol. The van der Waals surface area contributed by atoms with Crippen molar-refractivity contribution in [2.24, 2.45) is 0 Å². The zero-order valence-corrected chi connectivity index (χ0v) is 14.2. The summed E-state index contributed by atoms with van der Waals surface area (Å²) in [7, 11) is 3.15. The summed E-state index contributed by atoms with van der Waals surface area (Å²) in [6, 6.07) is 9.14. The van der Waals surface area contributed by atoms with Gasteiger partial charge < -0.3 is 19.7 Å². The van der Waals surface area contributed by atoms with Crippen LogP contribution in [0.1, 0.15) is 0 Å². The molecule has 0 saturated carbocycles. The van der Waals surface area contributed by atoms with Crippen molar-refractivity contribution < 1.29 is 14.4 Å². The van der Waals surface area contributed by atoms with Crippen molar-refractivity contribution in [3.05, 3.63) is 46.8 Å². The summed E-state index contributed by atoms with van der Waals surface area (Å²) in [5.41, 5.74) is 0.522. The number of nitro groups is 1. The SMILES string of the molecule is COCCN(CCOC)c1ncnc(Nc2ccccc2)c1[N+](=O)[O-]. The van der Waals surface area contributed by atoms with Crippen LogP contribution >= 0.6 is 0 Å². The van der Waals surface area contributed by atoms with Gasteiger partial charge in [-0.15, -0.1) is 0 Å². The Labute approximate surface area is 145 Å². The molecule has 1 aromatic heterocycles. The first kappa shape index (κ1) is 18.6. The van der Waals surface area contributed by atoms with Crippen LogP contribution < -0.4 is 10.2 Å². The molecule has 1 N–H and O–H groups in total. The molecule has 0 bridgehead atoms. The zero-order valence-electron chi connectivity index (χ0n) is 14.2. The molecule has 25 heavy (non-hydrogen) atoms. The number of rotatable bonds is 10. The molecule has 0 saturated heterocycles. The van der Waals surface area contributed by atoms with Gasteiger partial charge in [0.15, 0.2) is 0 Å². The van der Waals surface area contributed by atoms with E-state index >= 15 is 0 Å². The average molecular weight is 347 g/mol. The average Bonchev–Trinajstić information content (AvgIpc) is 2.62. The number of ether oxygens (including phenoxy) is 2. The van der Waals surface area contributed by atoms with Crippen molar-refractivity contribution in [2.45, 2.75) is 0 Å². The topological polar surface area (TPSA) is 103 Å². The van der Waals surface area contributed by atoms with Gasteiger partial charge in [-0.05, 0) is 12.1 Å².